The number of rotatable bonds is 10. The van der Waals surface area contributed by atoms with Crippen LogP contribution in [0.25, 0.3) is 0 Å². The van der Waals surface area contributed by atoms with Gasteiger partial charge in [0.1, 0.15) is 10.6 Å². The number of hydrogen-bond donors (Lipinski definition) is 1. The molecule has 142 valence electrons. The lowest BCUT2D eigenvalue weighted by Crippen LogP contribution is -2.38. The van der Waals surface area contributed by atoms with Crippen LogP contribution in [0.15, 0.2) is 23.1 Å². The Morgan fingerprint density at radius 3 is 2.44 bits per heavy atom. The highest BCUT2D eigenvalue weighted by Gasteiger charge is 2.20. The van der Waals surface area contributed by atoms with E-state index >= 15 is 0 Å². The lowest BCUT2D eigenvalue weighted by atomic mass is 10.2. The van der Waals surface area contributed by atoms with Crippen molar-refractivity contribution < 1.29 is 17.9 Å². The van der Waals surface area contributed by atoms with Crippen molar-refractivity contribution in [2.45, 2.75) is 25.2 Å². The Hall–Kier alpha value is -1.64. The number of nitrogens with zero attached hydrogens (tertiary/aromatic N) is 2. The summed E-state index contributed by atoms with van der Waals surface area (Å²) in [5, 5.41) is 0. The van der Waals surface area contributed by atoms with Crippen molar-refractivity contribution in [3.05, 3.63) is 23.8 Å². The summed E-state index contributed by atoms with van der Waals surface area (Å²) in [6.07, 6.45) is 0.838. The minimum absolute atomic E-state index is 0.0638. The molecular weight excluding hydrogens is 342 g/mol. The molecule has 1 amide bonds. The van der Waals surface area contributed by atoms with Crippen LogP contribution in [-0.2, 0) is 14.8 Å². The van der Waals surface area contributed by atoms with Gasteiger partial charge in [-0.1, -0.05) is 6.07 Å². The summed E-state index contributed by atoms with van der Waals surface area (Å²) in [7, 11) is 1.68. The van der Waals surface area contributed by atoms with Crippen molar-refractivity contribution in [1.29, 1.82) is 0 Å². The number of ether oxygens (including phenoxy) is 1. The molecule has 0 atom stereocenters. The molecule has 0 saturated carbocycles. The molecule has 7 nitrogen and oxygen atoms in total. The minimum Gasteiger partial charge on any atom is -0.495 e. The molecule has 0 radical (unpaired) electrons. The molecule has 0 saturated heterocycles. The number of nitrogens with one attached hydrogen (secondary N) is 1. The molecule has 0 aliphatic heterocycles. The van der Waals surface area contributed by atoms with E-state index in [1.165, 1.54) is 14.0 Å². The smallest absolute Gasteiger partial charge is 0.244 e. The van der Waals surface area contributed by atoms with Gasteiger partial charge in [0.25, 0.3) is 0 Å². The molecule has 1 N–H and O–H groups in total. The Kier molecular flexibility index (Phi) is 8.34. The average molecular weight is 372 g/mol. The highest BCUT2D eigenvalue weighted by atomic mass is 32.2. The van der Waals surface area contributed by atoms with Gasteiger partial charge < -0.3 is 14.5 Å². The summed E-state index contributed by atoms with van der Waals surface area (Å²) in [6.45, 7) is 5.27. The number of hydrogen-bond acceptors (Lipinski definition) is 5. The van der Waals surface area contributed by atoms with Crippen LogP contribution in [0.4, 0.5) is 0 Å². The van der Waals surface area contributed by atoms with E-state index in [1.807, 2.05) is 25.9 Å². The summed E-state index contributed by atoms with van der Waals surface area (Å²) in [6, 6.07) is 4.99. The molecule has 0 aliphatic rings. The van der Waals surface area contributed by atoms with E-state index in [0.29, 0.717) is 18.8 Å². The molecule has 0 heterocycles. The van der Waals surface area contributed by atoms with Gasteiger partial charge in [-0.3, -0.25) is 4.79 Å². The Morgan fingerprint density at radius 2 is 1.88 bits per heavy atom. The van der Waals surface area contributed by atoms with Crippen LogP contribution in [0.3, 0.4) is 0 Å². The van der Waals surface area contributed by atoms with E-state index in [-0.39, 0.29) is 17.3 Å². The van der Waals surface area contributed by atoms with Crippen molar-refractivity contribution in [3.63, 3.8) is 0 Å². The third-order valence-electron chi connectivity index (χ3n) is 3.76. The fraction of sp³-hybridized carbons (Fsp3) is 0.588. The molecule has 0 fully saturated rings. The van der Waals surface area contributed by atoms with Gasteiger partial charge >= 0.3 is 0 Å². The van der Waals surface area contributed by atoms with Crippen LogP contribution in [-0.4, -0.2) is 71.5 Å². The lowest BCUT2D eigenvalue weighted by molar-refractivity contribution is -0.128. The van der Waals surface area contributed by atoms with Crippen LogP contribution in [0.5, 0.6) is 5.75 Å². The van der Waals surface area contributed by atoms with Crippen LogP contribution >= 0.6 is 0 Å². The maximum atomic E-state index is 12.5. The van der Waals surface area contributed by atoms with Gasteiger partial charge in [0.05, 0.1) is 7.11 Å². The zero-order valence-corrected chi connectivity index (χ0v) is 16.5. The van der Waals surface area contributed by atoms with E-state index in [9.17, 15) is 13.2 Å². The number of benzene rings is 1. The SMILES string of the molecule is COc1ccc(C)cc1S(=O)(=O)NCCN(CCCN(C)C)C(C)=O. The lowest BCUT2D eigenvalue weighted by Gasteiger charge is -2.22. The number of carbonyl (C=O) groups excluding carboxylic acids is 1. The highest BCUT2D eigenvalue weighted by molar-refractivity contribution is 7.89. The van der Waals surface area contributed by atoms with Gasteiger partial charge in [-0.05, 0) is 51.7 Å². The van der Waals surface area contributed by atoms with E-state index in [0.717, 1.165) is 18.5 Å². The molecule has 25 heavy (non-hydrogen) atoms. The molecule has 0 aromatic heterocycles. The predicted octanol–water partition coefficient (Wildman–Crippen LogP) is 1.08. The molecule has 0 spiro atoms. The zero-order valence-electron chi connectivity index (χ0n) is 15.7. The first-order chi connectivity index (χ1) is 11.7. The van der Waals surface area contributed by atoms with Gasteiger partial charge in [-0.15, -0.1) is 0 Å². The first-order valence-corrected chi connectivity index (χ1v) is 9.70. The third-order valence-corrected chi connectivity index (χ3v) is 5.24. The molecule has 0 aliphatic carbocycles. The summed E-state index contributed by atoms with van der Waals surface area (Å²) >= 11 is 0. The van der Waals surface area contributed by atoms with Crippen molar-refractivity contribution in [2.24, 2.45) is 0 Å². The van der Waals surface area contributed by atoms with Gasteiger partial charge in [0.2, 0.25) is 15.9 Å². The molecule has 1 aromatic rings. The molecular formula is C17H29N3O4S. The summed E-state index contributed by atoms with van der Waals surface area (Å²) in [5.74, 6) is 0.235. The highest BCUT2D eigenvalue weighted by Crippen LogP contribution is 2.24. The second-order valence-corrected chi connectivity index (χ2v) is 7.95. The van der Waals surface area contributed by atoms with Crippen LogP contribution in [0, 0.1) is 6.92 Å². The summed E-state index contributed by atoms with van der Waals surface area (Å²) in [4.78, 5) is 15.5. The number of aryl methyl sites for hydroxylation is 1. The molecule has 1 rings (SSSR count). The Balaban J connectivity index is 2.69. The second kappa shape index (κ2) is 9.74. The summed E-state index contributed by atoms with van der Waals surface area (Å²) < 4.78 is 32.7. The van der Waals surface area contributed by atoms with Gasteiger partial charge in [0, 0.05) is 26.6 Å². The van der Waals surface area contributed by atoms with Gasteiger partial charge in [-0.25, -0.2) is 13.1 Å². The standard InChI is InChI=1S/C17H29N3O4S/c1-14-7-8-16(24-5)17(13-14)25(22,23)18-9-12-20(15(2)21)11-6-10-19(3)4/h7-8,13,18H,6,9-12H2,1-5H3. The van der Waals surface area contributed by atoms with Crippen molar-refractivity contribution in [1.82, 2.24) is 14.5 Å². The molecule has 8 heteroatoms. The van der Waals surface area contributed by atoms with E-state index in [2.05, 4.69) is 4.72 Å². The van der Waals surface area contributed by atoms with Crippen molar-refractivity contribution in [2.75, 3.05) is 47.4 Å². The molecule has 0 unspecified atom stereocenters. The second-order valence-electron chi connectivity index (χ2n) is 6.21. The Labute approximate surface area is 151 Å². The number of amides is 1. The fourth-order valence-corrected chi connectivity index (χ4v) is 3.66. The van der Waals surface area contributed by atoms with Crippen molar-refractivity contribution in [3.8, 4) is 5.75 Å². The first-order valence-electron chi connectivity index (χ1n) is 8.22. The Bertz CT molecular complexity index is 674. The maximum absolute atomic E-state index is 12.5. The van der Waals surface area contributed by atoms with Crippen LogP contribution in [0.1, 0.15) is 18.9 Å². The monoisotopic (exact) mass is 371 g/mol. The van der Waals surface area contributed by atoms with E-state index in [4.69, 9.17) is 4.74 Å². The van der Waals surface area contributed by atoms with E-state index in [1.54, 1.807) is 23.1 Å². The topological polar surface area (TPSA) is 79.0 Å². The first kappa shape index (κ1) is 21.4. The molecule has 0 bridgehead atoms. The third kappa shape index (κ3) is 7.01. The summed E-state index contributed by atoms with van der Waals surface area (Å²) in [5.41, 5.74) is 0.829. The predicted molar refractivity (Wildman–Crippen MR) is 98.3 cm³/mol. The van der Waals surface area contributed by atoms with Gasteiger partial charge in [-0.2, -0.15) is 0 Å². The van der Waals surface area contributed by atoms with Crippen molar-refractivity contribution >= 4 is 15.9 Å². The maximum Gasteiger partial charge on any atom is 0.244 e. The van der Waals surface area contributed by atoms with Crippen LogP contribution < -0.4 is 9.46 Å². The number of methoxy groups -OCH3 is 1. The average Bonchev–Trinajstić information content (AvgIpc) is 2.52. The number of sulfonamides is 1. The number of carbonyl (C=O) groups is 1. The van der Waals surface area contributed by atoms with Crippen LogP contribution in [0.2, 0.25) is 0 Å². The quantitative estimate of drug-likeness (QED) is 0.666. The fourth-order valence-electron chi connectivity index (χ4n) is 2.39. The normalized spacial score (nSPS) is 11.6. The Morgan fingerprint density at radius 1 is 1.20 bits per heavy atom. The molecule has 1 aromatic carbocycles. The largest absolute Gasteiger partial charge is 0.495 e. The zero-order chi connectivity index (χ0) is 19.0. The van der Waals surface area contributed by atoms with Gasteiger partial charge in [0.15, 0.2) is 0 Å². The minimum atomic E-state index is -3.70. The van der Waals surface area contributed by atoms with E-state index < -0.39 is 10.0 Å².